The molecular formula is C20H22N2O7S2. The largest absolute Gasteiger partial charge is 0.462 e. The molecule has 166 valence electrons. The van der Waals surface area contributed by atoms with Crippen LogP contribution in [0.1, 0.15) is 27.7 Å². The number of rotatable bonds is 6. The van der Waals surface area contributed by atoms with Crippen molar-refractivity contribution in [1.82, 2.24) is 4.90 Å². The van der Waals surface area contributed by atoms with E-state index in [1.54, 1.807) is 25.1 Å². The summed E-state index contributed by atoms with van der Waals surface area (Å²) in [5.41, 5.74) is 0.890. The van der Waals surface area contributed by atoms with Crippen molar-refractivity contribution in [1.29, 1.82) is 0 Å². The third kappa shape index (κ3) is 5.05. The summed E-state index contributed by atoms with van der Waals surface area (Å²) in [5, 5.41) is 2.77. The maximum atomic E-state index is 12.6. The quantitative estimate of drug-likeness (QED) is 0.650. The molecule has 0 aliphatic carbocycles. The number of fused-ring (bicyclic) bond motifs is 1. The molecule has 9 nitrogen and oxygen atoms in total. The summed E-state index contributed by atoms with van der Waals surface area (Å²) in [6.45, 7) is 2.38. The first-order valence-electron chi connectivity index (χ1n) is 9.49. The smallest absolute Gasteiger partial charge is 0.409 e. The van der Waals surface area contributed by atoms with Crippen molar-refractivity contribution in [3.63, 3.8) is 0 Å². The molecule has 1 N–H and O–H groups in total. The van der Waals surface area contributed by atoms with Gasteiger partial charge >= 0.3 is 12.1 Å². The van der Waals surface area contributed by atoms with Crippen LogP contribution in [-0.4, -0.2) is 57.3 Å². The summed E-state index contributed by atoms with van der Waals surface area (Å²) >= 11 is 1.12. The van der Waals surface area contributed by atoms with E-state index in [9.17, 15) is 22.8 Å². The number of esters is 1. The third-order valence-electron chi connectivity index (χ3n) is 4.65. The lowest BCUT2D eigenvalue weighted by Crippen LogP contribution is -2.35. The summed E-state index contributed by atoms with van der Waals surface area (Å²) in [5.74, 6) is -2.14. The normalized spacial score (nSPS) is 13.3. The number of methoxy groups -OCH3 is 1. The Kier molecular flexibility index (Phi) is 6.96. The first-order valence-corrected chi connectivity index (χ1v) is 12.0. The number of nitrogens with one attached hydrogen (secondary N) is 1. The highest BCUT2D eigenvalue weighted by Gasteiger charge is 2.32. The Balaban J connectivity index is 1.86. The lowest BCUT2D eigenvalue weighted by Gasteiger charge is -2.25. The lowest BCUT2D eigenvalue weighted by atomic mass is 10.0. The van der Waals surface area contributed by atoms with Gasteiger partial charge in [0.05, 0.1) is 30.7 Å². The van der Waals surface area contributed by atoms with E-state index < -0.39 is 33.6 Å². The van der Waals surface area contributed by atoms with Crippen LogP contribution in [0.4, 0.5) is 9.80 Å². The van der Waals surface area contributed by atoms with E-state index in [0.717, 1.165) is 11.3 Å². The average molecular weight is 467 g/mol. The number of benzene rings is 1. The van der Waals surface area contributed by atoms with Crippen molar-refractivity contribution in [2.75, 3.05) is 31.3 Å². The summed E-state index contributed by atoms with van der Waals surface area (Å²) in [6.07, 6.45) is -0.107. The molecule has 1 aromatic heterocycles. The minimum Gasteiger partial charge on any atom is -0.462 e. The number of carbonyl (C=O) groups excluding carboxylic acids is 3. The molecule has 2 aromatic rings. The number of sulfone groups is 1. The molecule has 1 aromatic carbocycles. The highest BCUT2D eigenvalue weighted by Crippen LogP contribution is 2.38. The number of carbonyl (C=O) groups is 3. The predicted octanol–water partition coefficient (Wildman–Crippen LogP) is 2.46. The predicted molar refractivity (Wildman–Crippen MR) is 114 cm³/mol. The minimum absolute atomic E-state index is 0.0370. The van der Waals surface area contributed by atoms with Crippen LogP contribution in [0.15, 0.2) is 35.2 Å². The second-order valence-corrected chi connectivity index (χ2v) is 9.79. The number of ether oxygens (including phenoxy) is 2. The van der Waals surface area contributed by atoms with Gasteiger partial charge in [-0.15, -0.1) is 11.3 Å². The highest BCUT2D eigenvalue weighted by atomic mass is 32.2. The van der Waals surface area contributed by atoms with Crippen LogP contribution < -0.4 is 5.32 Å². The van der Waals surface area contributed by atoms with Gasteiger partial charge in [0, 0.05) is 11.4 Å². The van der Waals surface area contributed by atoms with Crippen molar-refractivity contribution >= 4 is 44.1 Å². The van der Waals surface area contributed by atoms with Crippen LogP contribution in [0.5, 0.6) is 0 Å². The first kappa shape index (κ1) is 22.8. The van der Waals surface area contributed by atoms with E-state index in [0.29, 0.717) is 23.4 Å². The Hall–Kier alpha value is -2.92. The van der Waals surface area contributed by atoms with E-state index in [-0.39, 0.29) is 28.6 Å². The Morgan fingerprint density at radius 2 is 1.90 bits per heavy atom. The fraction of sp³-hybridized carbons (Fsp3) is 0.350. The fourth-order valence-electron chi connectivity index (χ4n) is 3.24. The van der Waals surface area contributed by atoms with Gasteiger partial charge in [0.25, 0.3) is 0 Å². The van der Waals surface area contributed by atoms with Gasteiger partial charge in [-0.3, -0.25) is 4.79 Å². The van der Waals surface area contributed by atoms with Gasteiger partial charge in [-0.1, -0.05) is 18.2 Å². The number of hydrogen-bond donors (Lipinski definition) is 1. The summed E-state index contributed by atoms with van der Waals surface area (Å²) in [7, 11) is -2.55. The molecule has 3 rings (SSSR count). The molecule has 31 heavy (non-hydrogen) atoms. The lowest BCUT2D eigenvalue weighted by molar-refractivity contribution is -0.113. The van der Waals surface area contributed by atoms with Crippen LogP contribution >= 0.6 is 11.3 Å². The van der Waals surface area contributed by atoms with E-state index in [2.05, 4.69) is 5.32 Å². The van der Waals surface area contributed by atoms with Crippen molar-refractivity contribution < 1.29 is 32.3 Å². The van der Waals surface area contributed by atoms with Crippen LogP contribution in [0, 0.1) is 0 Å². The van der Waals surface area contributed by atoms with Crippen molar-refractivity contribution in [2.24, 2.45) is 0 Å². The molecule has 0 unspecified atom stereocenters. The highest BCUT2D eigenvalue weighted by molar-refractivity contribution is 7.92. The van der Waals surface area contributed by atoms with Gasteiger partial charge < -0.3 is 19.7 Å². The van der Waals surface area contributed by atoms with Gasteiger partial charge in [0.2, 0.25) is 5.91 Å². The number of hydrogen-bond acceptors (Lipinski definition) is 8. The second-order valence-electron chi connectivity index (χ2n) is 6.69. The first-order chi connectivity index (χ1) is 14.8. The second kappa shape index (κ2) is 9.48. The summed E-state index contributed by atoms with van der Waals surface area (Å²) in [6, 6.07) is 7.66. The Morgan fingerprint density at radius 3 is 2.55 bits per heavy atom. The molecule has 0 atom stereocenters. The van der Waals surface area contributed by atoms with Crippen LogP contribution in [0.25, 0.3) is 0 Å². The maximum Gasteiger partial charge on any atom is 0.409 e. The van der Waals surface area contributed by atoms with Crippen LogP contribution in [-0.2, 0) is 37.1 Å². The number of amides is 2. The fourth-order valence-corrected chi connectivity index (χ4v) is 5.67. The molecule has 11 heteroatoms. The van der Waals surface area contributed by atoms with Crippen molar-refractivity contribution in [3.05, 3.63) is 46.3 Å². The standard InChI is InChI=1S/C20H22N2O7S2/c1-3-29-19(24)17-14-9-10-22(20(25)28-2)11-15(14)30-18(17)21-16(23)12-31(26,27)13-7-5-4-6-8-13/h4-8H,3,9-12H2,1-2H3,(H,21,23). The summed E-state index contributed by atoms with van der Waals surface area (Å²) < 4.78 is 34.9. The molecule has 2 heterocycles. The Morgan fingerprint density at radius 1 is 1.19 bits per heavy atom. The maximum absolute atomic E-state index is 12.6. The number of nitrogens with zero attached hydrogens (tertiary/aromatic N) is 1. The van der Waals surface area contributed by atoms with Gasteiger partial charge in [0.15, 0.2) is 9.84 Å². The Labute approximate surface area is 183 Å². The summed E-state index contributed by atoms with van der Waals surface area (Å²) in [4.78, 5) is 39.2. The SMILES string of the molecule is CCOC(=O)c1c(NC(=O)CS(=O)(=O)c2ccccc2)sc2c1CCN(C(=O)OC)C2. The zero-order valence-corrected chi connectivity index (χ0v) is 18.7. The molecule has 0 spiro atoms. The molecule has 0 saturated carbocycles. The number of thiophene rings is 1. The van der Waals surface area contributed by atoms with Gasteiger partial charge in [-0.25, -0.2) is 18.0 Å². The van der Waals surface area contributed by atoms with E-state index >= 15 is 0 Å². The zero-order valence-electron chi connectivity index (χ0n) is 17.0. The van der Waals surface area contributed by atoms with Crippen LogP contribution in [0.2, 0.25) is 0 Å². The third-order valence-corrected chi connectivity index (χ3v) is 7.41. The van der Waals surface area contributed by atoms with E-state index in [1.807, 2.05) is 0 Å². The molecule has 2 amide bonds. The van der Waals surface area contributed by atoms with Crippen LogP contribution in [0.3, 0.4) is 0 Å². The van der Waals surface area contributed by atoms with Gasteiger partial charge in [0.1, 0.15) is 10.8 Å². The Bertz CT molecular complexity index is 1090. The topological polar surface area (TPSA) is 119 Å². The van der Waals surface area contributed by atoms with Gasteiger partial charge in [-0.05, 0) is 31.0 Å². The minimum atomic E-state index is -3.84. The van der Waals surface area contributed by atoms with Crippen molar-refractivity contribution in [3.8, 4) is 0 Å². The average Bonchev–Trinajstić information content (AvgIpc) is 3.10. The van der Waals surface area contributed by atoms with E-state index in [1.165, 1.54) is 24.1 Å². The molecule has 1 aliphatic rings. The van der Waals surface area contributed by atoms with Crippen molar-refractivity contribution in [2.45, 2.75) is 24.8 Å². The molecule has 0 fully saturated rings. The van der Waals surface area contributed by atoms with E-state index in [4.69, 9.17) is 9.47 Å². The van der Waals surface area contributed by atoms with Gasteiger partial charge in [-0.2, -0.15) is 0 Å². The molecule has 0 radical (unpaired) electrons. The number of anilines is 1. The monoisotopic (exact) mass is 466 g/mol. The molecule has 0 bridgehead atoms. The molecular weight excluding hydrogens is 444 g/mol. The zero-order chi connectivity index (χ0) is 22.6. The molecule has 0 saturated heterocycles. The molecule has 1 aliphatic heterocycles.